The Labute approximate surface area is 211 Å². The van der Waals surface area contributed by atoms with Crippen molar-refractivity contribution in [1.29, 1.82) is 0 Å². The molecule has 6 rings (SSSR count). The van der Waals surface area contributed by atoms with Crippen molar-refractivity contribution in [2.45, 2.75) is 50.5 Å². The molecule has 3 fully saturated rings. The number of aromatic hydroxyl groups is 1. The van der Waals surface area contributed by atoms with Crippen molar-refractivity contribution in [3.05, 3.63) is 48.2 Å². The van der Waals surface area contributed by atoms with Crippen LogP contribution in [-0.2, 0) is 4.79 Å². The first kappa shape index (κ1) is 23.0. The minimum Gasteiger partial charge on any atom is -0.508 e. The van der Waals surface area contributed by atoms with Gasteiger partial charge in [-0.2, -0.15) is 0 Å². The molecule has 1 unspecified atom stereocenters. The highest BCUT2D eigenvalue weighted by molar-refractivity contribution is 5.85. The van der Waals surface area contributed by atoms with E-state index in [1.54, 1.807) is 6.07 Å². The third-order valence-electron chi connectivity index (χ3n) is 7.97. The Morgan fingerprint density at radius 1 is 0.972 bits per heavy atom. The summed E-state index contributed by atoms with van der Waals surface area (Å²) < 4.78 is 0. The second-order valence-corrected chi connectivity index (χ2v) is 10.2. The molecular formula is C28H34N6O2. The summed E-state index contributed by atoms with van der Waals surface area (Å²) in [5.41, 5.74) is 3.88. The molecule has 1 aromatic heterocycles. The molecule has 0 bridgehead atoms. The van der Waals surface area contributed by atoms with Gasteiger partial charge < -0.3 is 25.5 Å². The average Bonchev–Trinajstić information content (AvgIpc) is 3.64. The first-order valence-electron chi connectivity index (χ1n) is 13.3. The molecule has 1 aliphatic carbocycles. The largest absolute Gasteiger partial charge is 0.508 e. The standard InChI is InChI=1S/C28H34N6O2/c35-24-12-7-20-18-30-28(32-26(20)25(24)19-4-1-2-5-19)31-21-8-10-22(11-9-21)33-14-16-34(17-15-33)27(36)23-6-3-13-29-23/h7-12,18-19,23,29,35H,1-6,13-17H2,(H,30,31,32). The van der Waals surface area contributed by atoms with E-state index >= 15 is 0 Å². The fourth-order valence-electron chi connectivity index (χ4n) is 5.97. The topological polar surface area (TPSA) is 93.6 Å². The van der Waals surface area contributed by atoms with Gasteiger partial charge in [0.25, 0.3) is 0 Å². The Morgan fingerprint density at radius 3 is 2.47 bits per heavy atom. The van der Waals surface area contributed by atoms with E-state index in [9.17, 15) is 9.90 Å². The van der Waals surface area contributed by atoms with Gasteiger partial charge in [0, 0.05) is 54.7 Å². The lowest BCUT2D eigenvalue weighted by atomic mass is 9.94. The smallest absolute Gasteiger partial charge is 0.239 e. The lowest BCUT2D eigenvalue weighted by molar-refractivity contribution is -0.133. The summed E-state index contributed by atoms with van der Waals surface area (Å²) >= 11 is 0. The lowest BCUT2D eigenvalue weighted by Gasteiger charge is -2.37. The molecule has 188 valence electrons. The zero-order valence-electron chi connectivity index (χ0n) is 20.6. The van der Waals surface area contributed by atoms with Gasteiger partial charge in [-0.15, -0.1) is 0 Å². The SMILES string of the molecule is O=C(C1CCCN1)N1CCN(c2ccc(Nc3ncc4ccc(O)c(C5CCCC5)c4n3)cc2)CC1. The third-order valence-corrected chi connectivity index (χ3v) is 7.97. The van der Waals surface area contributed by atoms with Crippen molar-refractivity contribution < 1.29 is 9.90 Å². The maximum Gasteiger partial charge on any atom is 0.239 e. The molecule has 3 aliphatic rings. The number of nitrogens with zero attached hydrogens (tertiary/aromatic N) is 4. The van der Waals surface area contributed by atoms with E-state index < -0.39 is 0 Å². The Morgan fingerprint density at radius 2 is 1.75 bits per heavy atom. The third kappa shape index (κ3) is 4.57. The molecule has 2 aromatic carbocycles. The van der Waals surface area contributed by atoms with Gasteiger partial charge in [-0.1, -0.05) is 12.8 Å². The van der Waals surface area contributed by atoms with E-state index in [4.69, 9.17) is 4.98 Å². The zero-order chi connectivity index (χ0) is 24.5. The summed E-state index contributed by atoms with van der Waals surface area (Å²) in [7, 11) is 0. The van der Waals surface area contributed by atoms with E-state index in [1.807, 2.05) is 29.3 Å². The van der Waals surface area contributed by atoms with Gasteiger partial charge in [0.2, 0.25) is 11.9 Å². The highest BCUT2D eigenvalue weighted by Gasteiger charge is 2.29. The number of rotatable bonds is 5. The van der Waals surface area contributed by atoms with Crippen LogP contribution >= 0.6 is 0 Å². The Kier molecular flexibility index (Phi) is 6.35. The Balaban J connectivity index is 1.12. The van der Waals surface area contributed by atoms with Crippen LogP contribution in [-0.4, -0.2) is 64.6 Å². The predicted molar refractivity (Wildman–Crippen MR) is 142 cm³/mol. The maximum absolute atomic E-state index is 12.7. The van der Waals surface area contributed by atoms with Crippen molar-refractivity contribution in [3.63, 3.8) is 0 Å². The van der Waals surface area contributed by atoms with Crippen molar-refractivity contribution in [2.75, 3.05) is 42.9 Å². The molecule has 8 nitrogen and oxygen atoms in total. The summed E-state index contributed by atoms with van der Waals surface area (Å²) in [6.45, 7) is 4.15. The molecule has 3 aromatic rings. The lowest BCUT2D eigenvalue weighted by Crippen LogP contribution is -2.53. The molecular weight excluding hydrogens is 452 g/mol. The van der Waals surface area contributed by atoms with E-state index in [-0.39, 0.29) is 11.9 Å². The van der Waals surface area contributed by atoms with Crippen LogP contribution in [0.4, 0.5) is 17.3 Å². The van der Waals surface area contributed by atoms with Crippen LogP contribution in [0.3, 0.4) is 0 Å². The van der Waals surface area contributed by atoms with Crippen LogP contribution in [0.2, 0.25) is 0 Å². The summed E-state index contributed by atoms with van der Waals surface area (Å²) in [5, 5.41) is 18.2. The van der Waals surface area contributed by atoms with Gasteiger partial charge in [0.05, 0.1) is 11.6 Å². The molecule has 0 spiro atoms. The first-order chi connectivity index (χ1) is 17.7. The van der Waals surface area contributed by atoms with Gasteiger partial charge >= 0.3 is 0 Å². The van der Waals surface area contributed by atoms with E-state index in [0.29, 0.717) is 17.6 Å². The van der Waals surface area contributed by atoms with E-state index in [1.165, 1.54) is 12.8 Å². The molecule has 2 aliphatic heterocycles. The van der Waals surface area contributed by atoms with Crippen LogP contribution in [0.5, 0.6) is 5.75 Å². The van der Waals surface area contributed by atoms with Crippen molar-refractivity contribution >= 4 is 34.1 Å². The second kappa shape index (κ2) is 9.93. The molecule has 36 heavy (non-hydrogen) atoms. The number of carbonyl (C=O) groups excluding carboxylic acids is 1. The van der Waals surface area contributed by atoms with Crippen LogP contribution in [0, 0.1) is 0 Å². The molecule has 1 atom stereocenters. The summed E-state index contributed by atoms with van der Waals surface area (Å²) in [6, 6.07) is 12.0. The minimum absolute atomic E-state index is 0.0115. The molecule has 0 radical (unpaired) electrons. The molecule has 2 saturated heterocycles. The number of hydrogen-bond donors (Lipinski definition) is 3. The summed E-state index contributed by atoms with van der Waals surface area (Å²) in [4.78, 5) is 26.3. The number of amides is 1. The number of anilines is 3. The van der Waals surface area contributed by atoms with Crippen LogP contribution in [0.15, 0.2) is 42.6 Å². The van der Waals surface area contributed by atoms with Crippen molar-refractivity contribution in [2.24, 2.45) is 0 Å². The molecule has 8 heteroatoms. The number of phenols is 1. The summed E-state index contributed by atoms with van der Waals surface area (Å²) in [6.07, 6.45) is 8.47. The fraction of sp³-hybridized carbons (Fsp3) is 0.464. The highest BCUT2D eigenvalue weighted by atomic mass is 16.3. The second-order valence-electron chi connectivity index (χ2n) is 10.2. The number of piperazine rings is 1. The number of hydrogen-bond acceptors (Lipinski definition) is 7. The monoisotopic (exact) mass is 486 g/mol. The zero-order valence-corrected chi connectivity index (χ0v) is 20.6. The van der Waals surface area contributed by atoms with Gasteiger partial charge in [0.1, 0.15) is 5.75 Å². The fourth-order valence-corrected chi connectivity index (χ4v) is 5.97. The van der Waals surface area contributed by atoms with Crippen LogP contribution in [0.25, 0.3) is 10.9 Å². The first-order valence-corrected chi connectivity index (χ1v) is 13.3. The maximum atomic E-state index is 12.7. The molecule has 3 N–H and O–H groups in total. The van der Waals surface area contributed by atoms with Gasteiger partial charge in [-0.25, -0.2) is 9.97 Å². The number of benzene rings is 2. The summed E-state index contributed by atoms with van der Waals surface area (Å²) in [5.74, 6) is 1.49. The average molecular weight is 487 g/mol. The van der Waals surface area contributed by atoms with E-state index in [2.05, 4.69) is 32.7 Å². The number of nitrogens with one attached hydrogen (secondary N) is 2. The highest BCUT2D eigenvalue weighted by Crippen LogP contribution is 2.41. The van der Waals surface area contributed by atoms with Gasteiger partial charge in [-0.3, -0.25) is 4.79 Å². The van der Waals surface area contributed by atoms with Crippen LogP contribution < -0.4 is 15.5 Å². The number of aromatic nitrogens is 2. The predicted octanol–water partition coefficient (Wildman–Crippen LogP) is 4.14. The molecule has 1 saturated carbocycles. The van der Waals surface area contributed by atoms with E-state index in [0.717, 1.165) is 86.2 Å². The Hall–Kier alpha value is -3.39. The quantitative estimate of drug-likeness (QED) is 0.499. The molecule has 1 amide bonds. The number of fused-ring (bicyclic) bond motifs is 1. The van der Waals surface area contributed by atoms with Crippen molar-refractivity contribution in [1.82, 2.24) is 20.2 Å². The normalized spacial score (nSPS) is 20.8. The minimum atomic E-state index is 0.0115. The number of phenolic OH excluding ortho intramolecular Hbond substituents is 1. The molecule has 3 heterocycles. The van der Waals surface area contributed by atoms with Gasteiger partial charge in [0.15, 0.2) is 0 Å². The van der Waals surface area contributed by atoms with Crippen LogP contribution in [0.1, 0.15) is 50.0 Å². The van der Waals surface area contributed by atoms with Crippen molar-refractivity contribution in [3.8, 4) is 5.75 Å². The Bertz CT molecular complexity index is 1230. The van der Waals surface area contributed by atoms with Gasteiger partial charge in [-0.05, 0) is 74.5 Å². The number of carbonyl (C=O) groups is 1.